The predicted molar refractivity (Wildman–Crippen MR) is 63.0 cm³/mol. The number of nitrogens with two attached hydrogens (primary N) is 1. The van der Waals surface area contributed by atoms with Crippen LogP contribution in [0.2, 0.25) is 5.15 Å². The monoisotopic (exact) mass is 248 g/mol. The maximum absolute atomic E-state index is 8.74. The summed E-state index contributed by atoms with van der Waals surface area (Å²) in [6, 6.07) is 3.39. The third kappa shape index (κ3) is 2.83. The minimum Gasteiger partial charge on any atom is -0.388 e. The van der Waals surface area contributed by atoms with E-state index in [4.69, 9.17) is 27.9 Å². The fourth-order valence-electron chi connectivity index (χ4n) is 1.10. The number of aryl methyl sites for hydroxylation is 1. The van der Waals surface area contributed by atoms with Crippen molar-refractivity contribution < 1.29 is 0 Å². The van der Waals surface area contributed by atoms with E-state index >= 15 is 0 Å². The Labute approximate surface area is 103 Å². The van der Waals surface area contributed by atoms with E-state index in [-0.39, 0.29) is 16.5 Å². The van der Waals surface area contributed by atoms with Crippen molar-refractivity contribution in [3.8, 4) is 12.1 Å². The Hall–Kier alpha value is -2.31. The zero-order valence-electron chi connectivity index (χ0n) is 9.03. The van der Waals surface area contributed by atoms with Gasteiger partial charge in [-0.15, -0.1) is 0 Å². The van der Waals surface area contributed by atoms with Gasteiger partial charge in [-0.3, -0.25) is 5.10 Å². The van der Waals surface area contributed by atoms with E-state index in [0.29, 0.717) is 12.0 Å². The molecule has 0 spiro atoms. The number of nitrogens with one attached hydrogen (secondary N) is 1. The van der Waals surface area contributed by atoms with Crippen molar-refractivity contribution in [1.82, 2.24) is 10.2 Å². The minimum atomic E-state index is -0.235. The molecule has 1 aromatic heterocycles. The summed E-state index contributed by atoms with van der Waals surface area (Å²) < 4.78 is 0. The maximum atomic E-state index is 8.74. The number of allylic oxidation sites excluding steroid dienone is 2. The Balaban J connectivity index is 3.11. The lowest BCUT2D eigenvalue weighted by atomic mass is 10.2. The molecular formula is C10H9ClN6. The van der Waals surface area contributed by atoms with Crippen LogP contribution in [0, 0.1) is 22.7 Å². The maximum Gasteiger partial charge on any atom is 0.174 e. The summed E-state index contributed by atoms with van der Waals surface area (Å²) in [6.07, 6.45) is 2.06. The molecule has 1 rings (SSSR count). The summed E-state index contributed by atoms with van der Waals surface area (Å²) in [5.41, 5.74) is 6.31. The first-order valence-corrected chi connectivity index (χ1v) is 5.08. The Morgan fingerprint density at radius 2 is 2.29 bits per heavy atom. The van der Waals surface area contributed by atoms with Gasteiger partial charge in [0.2, 0.25) is 0 Å². The number of nitrogens with zero attached hydrogens (tertiary/aromatic N) is 4. The fraction of sp³-hybridized carbons (Fsp3) is 0.200. The average Bonchev–Trinajstić information content (AvgIpc) is 2.70. The van der Waals surface area contributed by atoms with Gasteiger partial charge in [-0.25, -0.2) is 4.99 Å². The van der Waals surface area contributed by atoms with Crippen LogP contribution in [-0.2, 0) is 6.42 Å². The second-order valence-corrected chi connectivity index (χ2v) is 3.36. The van der Waals surface area contributed by atoms with E-state index in [0.717, 1.165) is 5.69 Å². The molecule has 0 aromatic carbocycles. The van der Waals surface area contributed by atoms with Gasteiger partial charge in [-0.05, 0) is 6.42 Å². The number of hydrogen-bond acceptors (Lipinski definition) is 5. The predicted octanol–water partition coefficient (Wildman–Crippen LogP) is 1.26. The van der Waals surface area contributed by atoms with E-state index < -0.39 is 0 Å². The first-order chi connectivity index (χ1) is 8.13. The van der Waals surface area contributed by atoms with Crippen LogP contribution in [0.25, 0.3) is 0 Å². The van der Waals surface area contributed by atoms with E-state index in [9.17, 15) is 0 Å². The summed E-state index contributed by atoms with van der Waals surface area (Å²) in [5, 5.41) is 24.1. The Morgan fingerprint density at radius 1 is 1.59 bits per heavy atom. The second-order valence-electron chi connectivity index (χ2n) is 3.00. The standard InChI is InChI=1S/C10H9ClN6/c1-2-8-6(10(11)17-16-8)5-15-9(4-13)7(14)3-12/h5H,2,14H2,1H3,(H,16,17). The lowest BCUT2D eigenvalue weighted by Gasteiger charge is -1.93. The van der Waals surface area contributed by atoms with Crippen LogP contribution in [0.4, 0.5) is 0 Å². The Bertz CT molecular complexity index is 554. The first-order valence-electron chi connectivity index (χ1n) is 4.70. The molecule has 0 fully saturated rings. The third-order valence-corrected chi connectivity index (χ3v) is 2.28. The topological polar surface area (TPSA) is 115 Å². The molecule has 3 N–H and O–H groups in total. The highest BCUT2D eigenvalue weighted by molar-refractivity contribution is 6.32. The molecule has 0 saturated heterocycles. The molecule has 1 heterocycles. The van der Waals surface area contributed by atoms with Gasteiger partial charge in [-0.2, -0.15) is 15.6 Å². The quantitative estimate of drug-likeness (QED) is 0.619. The summed E-state index contributed by atoms with van der Waals surface area (Å²) in [4.78, 5) is 3.83. The number of nitriles is 2. The molecule has 6 nitrogen and oxygen atoms in total. The first kappa shape index (κ1) is 12.8. The van der Waals surface area contributed by atoms with Gasteiger partial charge in [0.25, 0.3) is 0 Å². The molecule has 0 bridgehead atoms. The molecule has 0 unspecified atom stereocenters. The van der Waals surface area contributed by atoms with Crippen molar-refractivity contribution in [1.29, 1.82) is 10.5 Å². The van der Waals surface area contributed by atoms with Gasteiger partial charge in [0.15, 0.2) is 10.9 Å². The molecule has 0 amide bonds. The molecule has 7 heteroatoms. The zero-order valence-corrected chi connectivity index (χ0v) is 9.78. The van der Waals surface area contributed by atoms with Gasteiger partial charge in [0, 0.05) is 11.9 Å². The van der Waals surface area contributed by atoms with Gasteiger partial charge < -0.3 is 5.73 Å². The number of aromatic amines is 1. The highest BCUT2D eigenvalue weighted by Gasteiger charge is 2.08. The molecule has 0 aliphatic rings. The lowest BCUT2D eigenvalue weighted by molar-refractivity contribution is 0.974. The summed E-state index contributed by atoms with van der Waals surface area (Å²) >= 11 is 5.83. The number of aromatic nitrogens is 2. The van der Waals surface area contributed by atoms with Crippen LogP contribution >= 0.6 is 11.6 Å². The van der Waals surface area contributed by atoms with Crippen LogP contribution in [-0.4, -0.2) is 16.4 Å². The van der Waals surface area contributed by atoms with Gasteiger partial charge in [0.1, 0.15) is 17.8 Å². The van der Waals surface area contributed by atoms with Crippen molar-refractivity contribution >= 4 is 17.8 Å². The van der Waals surface area contributed by atoms with Crippen molar-refractivity contribution in [3.63, 3.8) is 0 Å². The number of rotatable bonds is 3. The number of aliphatic imine (C=N–C) groups is 1. The zero-order chi connectivity index (χ0) is 12.8. The molecular weight excluding hydrogens is 240 g/mol. The molecule has 0 radical (unpaired) electrons. The number of halogens is 1. The summed E-state index contributed by atoms with van der Waals surface area (Å²) in [7, 11) is 0. The van der Waals surface area contributed by atoms with Crippen LogP contribution in [0.15, 0.2) is 16.4 Å². The molecule has 0 saturated carbocycles. The van der Waals surface area contributed by atoms with Crippen LogP contribution in [0.1, 0.15) is 18.2 Å². The normalized spacial score (nSPS) is 12.0. The summed E-state index contributed by atoms with van der Waals surface area (Å²) in [5.74, 6) is 0. The Morgan fingerprint density at radius 3 is 2.82 bits per heavy atom. The smallest absolute Gasteiger partial charge is 0.174 e. The van der Waals surface area contributed by atoms with Crippen LogP contribution in [0.3, 0.4) is 0 Å². The largest absolute Gasteiger partial charge is 0.388 e. The molecule has 0 aliphatic heterocycles. The van der Waals surface area contributed by atoms with Crippen molar-refractivity contribution in [2.45, 2.75) is 13.3 Å². The van der Waals surface area contributed by atoms with E-state index in [1.165, 1.54) is 6.21 Å². The van der Waals surface area contributed by atoms with Crippen LogP contribution in [0.5, 0.6) is 0 Å². The molecule has 0 atom stereocenters. The van der Waals surface area contributed by atoms with Crippen molar-refractivity contribution in [3.05, 3.63) is 27.8 Å². The van der Waals surface area contributed by atoms with E-state index in [1.54, 1.807) is 12.1 Å². The highest BCUT2D eigenvalue weighted by Crippen LogP contribution is 2.15. The third-order valence-electron chi connectivity index (χ3n) is 1.99. The minimum absolute atomic E-state index is 0.146. The SMILES string of the molecule is CCc1[nH]nc(Cl)c1C=NC(C#N)=C(N)C#N. The number of hydrogen-bond donors (Lipinski definition) is 2. The number of H-pyrrole nitrogens is 1. The molecule has 17 heavy (non-hydrogen) atoms. The molecule has 0 aliphatic carbocycles. The molecule has 1 aromatic rings. The van der Waals surface area contributed by atoms with E-state index in [1.807, 2.05) is 6.92 Å². The van der Waals surface area contributed by atoms with Gasteiger partial charge >= 0.3 is 0 Å². The highest BCUT2D eigenvalue weighted by atomic mass is 35.5. The van der Waals surface area contributed by atoms with E-state index in [2.05, 4.69) is 15.2 Å². The second kappa shape index (κ2) is 5.69. The summed E-state index contributed by atoms with van der Waals surface area (Å²) in [6.45, 7) is 1.92. The van der Waals surface area contributed by atoms with Gasteiger partial charge in [-0.1, -0.05) is 18.5 Å². The lowest BCUT2D eigenvalue weighted by Crippen LogP contribution is -1.98. The molecule has 86 valence electrons. The van der Waals surface area contributed by atoms with Gasteiger partial charge in [0.05, 0.1) is 5.56 Å². The van der Waals surface area contributed by atoms with Crippen molar-refractivity contribution in [2.75, 3.05) is 0 Å². The van der Waals surface area contributed by atoms with Crippen molar-refractivity contribution in [2.24, 2.45) is 10.7 Å². The van der Waals surface area contributed by atoms with Crippen LogP contribution < -0.4 is 5.73 Å². The fourth-order valence-corrected chi connectivity index (χ4v) is 1.31. The Kier molecular flexibility index (Phi) is 4.27. The average molecular weight is 249 g/mol.